The molecule has 1 N–H and O–H groups in total. The molecule has 0 radical (unpaired) electrons. The number of nitrogens with one attached hydrogen (secondary N) is 1. The topological polar surface area (TPSA) is 59.3 Å². The fraction of sp³-hybridized carbons (Fsp3) is 0.133. The molecule has 1 aromatic carbocycles. The highest BCUT2D eigenvalue weighted by Crippen LogP contribution is 2.29. The number of nitrogens with zero attached hydrogens (tertiary/aromatic N) is 3. The summed E-state index contributed by atoms with van der Waals surface area (Å²) < 4.78 is 1.79. The number of carbonyl (C=O) groups excluding carboxylic acids is 1. The summed E-state index contributed by atoms with van der Waals surface area (Å²) in [4.78, 5) is 16.9. The van der Waals surface area contributed by atoms with Crippen LogP contribution < -0.4 is 5.32 Å². The van der Waals surface area contributed by atoms with Gasteiger partial charge in [-0.3, -0.25) is 9.48 Å². The van der Waals surface area contributed by atoms with E-state index >= 15 is 0 Å². The van der Waals surface area contributed by atoms with Crippen molar-refractivity contribution in [3.63, 3.8) is 0 Å². The first-order chi connectivity index (χ1) is 10.5. The Morgan fingerprint density at radius 1 is 1.45 bits per heavy atom. The molecule has 1 saturated heterocycles. The Bertz CT molecular complexity index is 810. The molecule has 0 atom stereocenters. The molecule has 2 aromatic rings. The van der Waals surface area contributed by atoms with Crippen molar-refractivity contribution in [3.8, 4) is 0 Å². The van der Waals surface area contributed by atoms with Crippen molar-refractivity contribution in [2.45, 2.75) is 6.92 Å². The van der Waals surface area contributed by atoms with Gasteiger partial charge in [0.1, 0.15) is 5.84 Å². The normalized spacial score (nSPS) is 18.2. The second-order valence-electron chi connectivity index (χ2n) is 4.77. The standard InChI is InChI=1S/C15H13ClN4OS/c1-9-10(8-17-20(9)2)6-13-14(19-15(21)22-13)18-12-5-3-4-11(16)7-12/h3-8H,1-2H3,(H,18,19,21). The van der Waals surface area contributed by atoms with Crippen molar-refractivity contribution in [3.05, 3.63) is 51.6 Å². The van der Waals surface area contributed by atoms with Gasteiger partial charge < -0.3 is 5.32 Å². The van der Waals surface area contributed by atoms with Crippen LogP contribution in [0.15, 0.2) is 40.4 Å². The van der Waals surface area contributed by atoms with E-state index < -0.39 is 0 Å². The Kier molecular flexibility index (Phi) is 4.04. The summed E-state index contributed by atoms with van der Waals surface area (Å²) in [6.45, 7) is 1.97. The summed E-state index contributed by atoms with van der Waals surface area (Å²) in [7, 11) is 1.88. The number of rotatable bonds is 2. The summed E-state index contributed by atoms with van der Waals surface area (Å²) in [5.74, 6) is 0.528. The Morgan fingerprint density at radius 2 is 2.27 bits per heavy atom. The van der Waals surface area contributed by atoms with Crippen molar-refractivity contribution in [1.82, 2.24) is 15.1 Å². The van der Waals surface area contributed by atoms with Gasteiger partial charge in [0.2, 0.25) is 0 Å². The van der Waals surface area contributed by atoms with E-state index in [0.29, 0.717) is 16.5 Å². The van der Waals surface area contributed by atoms with E-state index in [9.17, 15) is 4.79 Å². The largest absolute Gasteiger partial charge is 0.300 e. The number of amides is 1. The van der Waals surface area contributed by atoms with Crippen molar-refractivity contribution in [2.24, 2.45) is 12.0 Å². The van der Waals surface area contributed by atoms with E-state index in [0.717, 1.165) is 27.9 Å². The lowest BCUT2D eigenvalue weighted by atomic mass is 10.2. The zero-order valence-corrected chi connectivity index (χ0v) is 13.6. The minimum atomic E-state index is -0.145. The molecular formula is C15H13ClN4OS. The van der Waals surface area contributed by atoms with Crippen LogP contribution in [0.1, 0.15) is 11.3 Å². The molecule has 1 aliphatic rings. The minimum Gasteiger partial charge on any atom is -0.300 e. The van der Waals surface area contributed by atoms with Crippen molar-refractivity contribution >= 4 is 46.2 Å². The summed E-state index contributed by atoms with van der Waals surface area (Å²) in [5.41, 5.74) is 2.67. The maximum atomic E-state index is 11.7. The van der Waals surface area contributed by atoms with E-state index in [1.807, 2.05) is 32.2 Å². The maximum Gasteiger partial charge on any atom is 0.289 e. The number of hydrogen-bond donors (Lipinski definition) is 1. The zero-order valence-electron chi connectivity index (χ0n) is 12.0. The lowest BCUT2D eigenvalue weighted by Gasteiger charge is -2.00. The van der Waals surface area contributed by atoms with Crippen LogP contribution >= 0.6 is 23.4 Å². The van der Waals surface area contributed by atoms with Gasteiger partial charge in [0.25, 0.3) is 5.24 Å². The van der Waals surface area contributed by atoms with Crippen LogP contribution in [0.2, 0.25) is 5.02 Å². The molecule has 1 fully saturated rings. The minimum absolute atomic E-state index is 0.145. The number of carbonyl (C=O) groups is 1. The highest BCUT2D eigenvalue weighted by molar-refractivity contribution is 8.18. The monoisotopic (exact) mass is 332 g/mol. The molecule has 0 unspecified atom stereocenters. The molecule has 22 heavy (non-hydrogen) atoms. The Hall–Kier alpha value is -2.05. The predicted molar refractivity (Wildman–Crippen MR) is 90.6 cm³/mol. The van der Waals surface area contributed by atoms with Crippen LogP contribution in [0.5, 0.6) is 0 Å². The molecule has 1 amide bonds. The SMILES string of the molecule is Cc1c(C=C2SC(=O)NC2=Nc2cccc(Cl)c2)cnn1C. The molecule has 3 rings (SSSR count). The molecule has 1 aromatic heterocycles. The van der Waals surface area contributed by atoms with Crippen molar-refractivity contribution in [2.75, 3.05) is 0 Å². The number of aliphatic imine (C=N–C) groups is 1. The fourth-order valence-electron chi connectivity index (χ4n) is 1.99. The quantitative estimate of drug-likeness (QED) is 0.907. The first kappa shape index (κ1) is 14.9. The molecule has 0 saturated carbocycles. The van der Waals surface area contributed by atoms with Gasteiger partial charge in [0.15, 0.2) is 0 Å². The van der Waals surface area contributed by atoms with Gasteiger partial charge in [-0.05, 0) is 43.0 Å². The van der Waals surface area contributed by atoms with E-state index in [4.69, 9.17) is 11.6 Å². The second kappa shape index (κ2) is 5.98. The number of benzene rings is 1. The lowest BCUT2D eigenvalue weighted by Crippen LogP contribution is -2.18. The number of halogens is 1. The highest BCUT2D eigenvalue weighted by atomic mass is 35.5. The van der Waals surface area contributed by atoms with Crippen molar-refractivity contribution < 1.29 is 4.79 Å². The number of aryl methyl sites for hydroxylation is 1. The van der Waals surface area contributed by atoms with Gasteiger partial charge in [-0.2, -0.15) is 5.10 Å². The maximum absolute atomic E-state index is 11.7. The van der Waals surface area contributed by atoms with E-state index in [-0.39, 0.29) is 5.24 Å². The van der Waals surface area contributed by atoms with Crippen LogP contribution in [0.4, 0.5) is 10.5 Å². The van der Waals surface area contributed by atoms with Gasteiger partial charge in [-0.1, -0.05) is 17.7 Å². The second-order valence-corrected chi connectivity index (χ2v) is 6.22. The average molecular weight is 333 g/mol. The third-order valence-corrected chi connectivity index (χ3v) is 4.32. The third-order valence-electron chi connectivity index (χ3n) is 3.27. The van der Waals surface area contributed by atoms with Crippen LogP contribution in [0, 0.1) is 6.92 Å². The smallest absolute Gasteiger partial charge is 0.289 e. The molecule has 7 heteroatoms. The number of thioether (sulfide) groups is 1. The van der Waals surface area contributed by atoms with Gasteiger partial charge in [0.05, 0.1) is 16.8 Å². The summed E-state index contributed by atoms with van der Waals surface area (Å²) in [5, 5.41) is 7.41. The fourth-order valence-corrected chi connectivity index (χ4v) is 2.90. The third kappa shape index (κ3) is 3.08. The molecular weight excluding hydrogens is 320 g/mol. The molecule has 0 aliphatic carbocycles. The Balaban J connectivity index is 1.99. The Morgan fingerprint density at radius 3 is 2.95 bits per heavy atom. The molecule has 5 nitrogen and oxygen atoms in total. The highest BCUT2D eigenvalue weighted by Gasteiger charge is 2.24. The van der Waals surface area contributed by atoms with Gasteiger partial charge in [-0.15, -0.1) is 0 Å². The van der Waals surface area contributed by atoms with Gasteiger partial charge in [-0.25, -0.2) is 4.99 Å². The van der Waals surface area contributed by atoms with Gasteiger partial charge >= 0.3 is 0 Å². The van der Waals surface area contributed by atoms with E-state index in [1.54, 1.807) is 23.0 Å². The predicted octanol–water partition coefficient (Wildman–Crippen LogP) is 3.91. The van der Waals surface area contributed by atoms with Crippen LogP contribution in [0.25, 0.3) is 6.08 Å². The molecule has 112 valence electrons. The van der Waals surface area contributed by atoms with Crippen LogP contribution in [-0.4, -0.2) is 20.9 Å². The first-order valence-electron chi connectivity index (χ1n) is 6.56. The lowest BCUT2D eigenvalue weighted by molar-refractivity contribution is 0.265. The van der Waals surface area contributed by atoms with Crippen molar-refractivity contribution in [1.29, 1.82) is 0 Å². The Labute approximate surface area is 137 Å². The van der Waals surface area contributed by atoms with E-state index in [2.05, 4.69) is 15.4 Å². The molecule has 0 spiro atoms. The van der Waals surface area contributed by atoms with Crippen LogP contribution in [-0.2, 0) is 7.05 Å². The zero-order chi connectivity index (χ0) is 15.7. The molecule has 1 aliphatic heterocycles. The summed E-state index contributed by atoms with van der Waals surface area (Å²) in [6, 6.07) is 7.18. The van der Waals surface area contributed by atoms with Gasteiger partial charge in [0, 0.05) is 23.3 Å². The van der Waals surface area contributed by atoms with Crippen LogP contribution in [0.3, 0.4) is 0 Å². The average Bonchev–Trinajstić information content (AvgIpc) is 2.96. The number of hydrogen-bond acceptors (Lipinski definition) is 4. The molecule has 0 bridgehead atoms. The van der Waals surface area contributed by atoms with E-state index in [1.165, 1.54) is 0 Å². The number of amidine groups is 1. The molecule has 2 heterocycles. The summed E-state index contributed by atoms with van der Waals surface area (Å²) >= 11 is 7.08. The number of aromatic nitrogens is 2. The summed E-state index contributed by atoms with van der Waals surface area (Å²) in [6.07, 6.45) is 3.68. The first-order valence-corrected chi connectivity index (χ1v) is 7.76.